The van der Waals surface area contributed by atoms with Gasteiger partial charge in [0, 0.05) is 5.92 Å². The summed E-state index contributed by atoms with van der Waals surface area (Å²) >= 11 is 0. The Labute approximate surface area is 149 Å². The zero-order chi connectivity index (χ0) is 19.0. The van der Waals surface area contributed by atoms with Crippen LogP contribution in [0.3, 0.4) is 0 Å². The summed E-state index contributed by atoms with van der Waals surface area (Å²) in [5, 5.41) is 10.9. The highest BCUT2D eigenvalue weighted by Gasteiger charge is 2.49. The average molecular weight is 359 g/mol. The van der Waals surface area contributed by atoms with E-state index in [4.69, 9.17) is 13.9 Å². The molecule has 0 spiro atoms. The number of hydrogen-bond donors (Lipinski definition) is 1. The van der Waals surface area contributed by atoms with Crippen molar-refractivity contribution in [1.29, 1.82) is 0 Å². The molecule has 0 radical (unpaired) electrons. The summed E-state index contributed by atoms with van der Waals surface area (Å²) in [4.78, 5) is 0. The number of aliphatic hydroxyl groups is 1. The van der Waals surface area contributed by atoms with Gasteiger partial charge >= 0.3 is 0 Å². The lowest BCUT2D eigenvalue weighted by molar-refractivity contribution is -0.159. The van der Waals surface area contributed by atoms with E-state index in [-0.39, 0.29) is 23.2 Å². The number of ether oxygens (including phenoxy) is 2. The van der Waals surface area contributed by atoms with E-state index < -0.39 is 19.7 Å². The predicted molar refractivity (Wildman–Crippen MR) is 102 cm³/mol. The Bertz CT molecular complexity index is 437. The molecule has 0 aromatic carbocycles. The fraction of sp³-hybridized carbons (Fsp3) is 0.895. The van der Waals surface area contributed by atoms with Crippen LogP contribution in [0.15, 0.2) is 12.7 Å². The van der Waals surface area contributed by atoms with Gasteiger partial charge in [-0.15, -0.1) is 6.58 Å². The van der Waals surface area contributed by atoms with Gasteiger partial charge in [0.25, 0.3) is 0 Å². The monoisotopic (exact) mass is 358 g/mol. The van der Waals surface area contributed by atoms with Crippen LogP contribution >= 0.6 is 0 Å². The van der Waals surface area contributed by atoms with Crippen molar-refractivity contribution in [2.75, 3.05) is 6.61 Å². The molecular formula is C19H38O4Si. The summed E-state index contributed by atoms with van der Waals surface area (Å²) in [5.74, 6) is -0.754. The summed E-state index contributed by atoms with van der Waals surface area (Å²) < 4.78 is 18.6. The minimum atomic E-state index is -1.86. The van der Waals surface area contributed by atoms with Crippen molar-refractivity contribution in [2.45, 2.75) is 96.6 Å². The first kappa shape index (κ1) is 21.8. The topological polar surface area (TPSA) is 47.9 Å². The number of rotatable bonds is 7. The van der Waals surface area contributed by atoms with E-state index in [1.54, 1.807) is 6.08 Å². The van der Waals surface area contributed by atoms with Crippen LogP contribution in [0.25, 0.3) is 0 Å². The maximum Gasteiger partial charge on any atom is 0.192 e. The third-order valence-electron chi connectivity index (χ3n) is 5.67. The molecule has 1 rings (SSSR count). The second-order valence-corrected chi connectivity index (χ2v) is 14.2. The third kappa shape index (κ3) is 5.15. The average Bonchev–Trinajstić information content (AvgIpc) is 2.69. The van der Waals surface area contributed by atoms with Gasteiger partial charge in [0.1, 0.15) is 6.10 Å². The van der Waals surface area contributed by atoms with Crippen LogP contribution in [0, 0.1) is 5.92 Å². The molecule has 0 bridgehead atoms. The molecule has 5 heteroatoms. The lowest BCUT2D eigenvalue weighted by atomic mass is 9.82. The van der Waals surface area contributed by atoms with Gasteiger partial charge in [-0.3, -0.25) is 0 Å². The number of hydrogen-bond acceptors (Lipinski definition) is 4. The van der Waals surface area contributed by atoms with Gasteiger partial charge in [-0.25, -0.2) is 0 Å². The van der Waals surface area contributed by atoms with Gasteiger partial charge in [0.05, 0.1) is 18.3 Å². The third-order valence-corrected chi connectivity index (χ3v) is 10.2. The molecule has 1 fully saturated rings. The van der Waals surface area contributed by atoms with Gasteiger partial charge in [0.2, 0.25) is 0 Å². The summed E-state index contributed by atoms with van der Waals surface area (Å²) in [6.45, 7) is 23.1. The van der Waals surface area contributed by atoms with Gasteiger partial charge < -0.3 is 19.0 Å². The minimum absolute atomic E-state index is 0.0923. The molecule has 0 amide bonds. The van der Waals surface area contributed by atoms with Crippen molar-refractivity contribution in [3.05, 3.63) is 12.7 Å². The van der Waals surface area contributed by atoms with E-state index in [2.05, 4.69) is 40.4 Å². The van der Waals surface area contributed by atoms with Crippen LogP contribution in [-0.2, 0) is 13.9 Å². The predicted octanol–water partition coefficient (Wildman–Crippen LogP) is 4.49. The Balaban J connectivity index is 2.89. The first-order valence-corrected chi connectivity index (χ1v) is 11.9. The fourth-order valence-corrected chi connectivity index (χ4v) is 3.77. The molecule has 1 saturated heterocycles. The smallest absolute Gasteiger partial charge is 0.192 e. The van der Waals surface area contributed by atoms with Crippen molar-refractivity contribution in [1.82, 2.24) is 0 Å². The minimum Gasteiger partial charge on any atom is -0.414 e. The Kier molecular flexibility index (Phi) is 6.55. The lowest BCUT2D eigenvalue weighted by Gasteiger charge is -2.38. The van der Waals surface area contributed by atoms with Crippen molar-refractivity contribution in [3.63, 3.8) is 0 Å². The van der Waals surface area contributed by atoms with Crippen molar-refractivity contribution in [3.8, 4) is 0 Å². The molecule has 1 N–H and O–H groups in total. The van der Waals surface area contributed by atoms with Crippen LogP contribution < -0.4 is 0 Å². The van der Waals surface area contributed by atoms with E-state index in [1.165, 1.54) is 0 Å². The lowest BCUT2D eigenvalue weighted by Crippen LogP contribution is -2.48. The summed E-state index contributed by atoms with van der Waals surface area (Å²) in [5.41, 5.74) is -0.884. The van der Waals surface area contributed by atoms with Crippen LogP contribution in [0.2, 0.25) is 18.1 Å². The van der Waals surface area contributed by atoms with E-state index in [1.807, 2.05) is 27.7 Å². The Morgan fingerprint density at radius 3 is 2.25 bits per heavy atom. The van der Waals surface area contributed by atoms with Crippen LogP contribution in [0.1, 0.15) is 54.9 Å². The molecule has 0 aromatic heterocycles. The molecule has 142 valence electrons. The van der Waals surface area contributed by atoms with Crippen LogP contribution in [-0.4, -0.2) is 43.6 Å². The molecule has 1 heterocycles. The Morgan fingerprint density at radius 1 is 1.25 bits per heavy atom. The largest absolute Gasteiger partial charge is 0.414 e. The molecule has 1 aliphatic heterocycles. The highest BCUT2D eigenvalue weighted by Crippen LogP contribution is 2.40. The highest BCUT2D eigenvalue weighted by atomic mass is 28.4. The zero-order valence-corrected chi connectivity index (χ0v) is 18.1. The quantitative estimate of drug-likeness (QED) is 0.538. The second kappa shape index (κ2) is 7.20. The molecule has 0 saturated carbocycles. The molecule has 0 aromatic rings. The normalized spacial score (nSPS) is 28.4. The first-order valence-electron chi connectivity index (χ1n) is 8.96. The van der Waals surface area contributed by atoms with Gasteiger partial charge in [-0.1, -0.05) is 33.8 Å². The highest BCUT2D eigenvalue weighted by molar-refractivity contribution is 6.74. The maximum atomic E-state index is 10.7. The van der Waals surface area contributed by atoms with E-state index in [9.17, 15) is 5.11 Å². The summed E-state index contributed by atoms with van der Waals surface area (Å²) in [6, 6.07) is 0. The maximum absolute atomic E-state index is 10.7. The van der Waals surface area contributed by atoms with Gasteiger partial charge in [-0.2, -0.15) is 0 Å². The van der Waals surface area contributed by atoms with Gasteiger partial charge in [-0.05, 0) is 45.3 Å². The molecule has 0 aliphatic carbocycles. The SMILES string of the molecule is C=CC[C@](C)(O)[C@H](C)[C@H]1OC(C)(C)O[C@H]1CO[Si](C)(C)C(C)(C)C. The summed E-state index contributed by atoms with van der Waals surface area (Å²) in [7, 11) is -1.86. The molecule has 4 nitrogen and oxygen atoms in total. The van der Waals surface area contributed by atoms with Crippen molar-refractivity contribution < 1.29 is 19.0 Å². The molecule has 24 heavy (non-hydrogen) atoms. The Hall–Kier alpha value is -0.203. The van der Waals surface area contributed by atoms with Gasteiger partial charge in [0.15, 0.2) is 14.1 Å². The van der Waals surface area contributed by atoms with E-state index >= 15 is 0 Å². The molecular weight excluding hydrogens is 320 g/mol. The second-order valence-electron chi connectivity index (χ2n) is 9.35. The van der Waals surface area contributed by atoms with E-state index in [0.29, 0.717) is 13.0 Å². The Morgan fingerprint density at radius 2 is 1.79 bits per heavy atom. The molecule has 4 atom stereocenters. The van der Waals surface area contributed by atoms with Crippen molar-refractivity contribution in [2.24, 2.45) is 5.92 Å². The molecule has 1 aliphatic rings. The van der Waals surface area contributed by atoms with Crippen LogP contribution in [0.5, 0.6) is 0 Å². The molecule has 0 unspecified atom stereocenters. The zero-order valence-electron chi connectivity index (χ0n) is 17.1. The van der Waals surface area contributed by atoms with Crippen molar-refractivity contribution >= 4 is 8.32 Å². The first-order chi connectivity index (χ1) is 10.6. The standard InChI is InChI=1S/C19H38O4Si/c1-11-12-19(8,20)14(2)16-15(22-18(6,7)23-16)13-21-24(9,10)17(3,4)5/h11,14-16,20H,1,12-13H2,2-10H3/t14-,15+,16-,19+/m1/s1. The fourth-order valence-electron chi connectivity index (χ4n) is 2.75. The van der Waals surface area contributed by atoms with Crippen LogP contribution in [0.4, 0.5) is 0 Å². The summed E-state index contributed by atoms with van der Waals surface area (Å²) in [6.07, 6.45) is 1.88. The van der Waals surface area contributed by atoms with E-state index in [0.717, 1.165) is 0 Å².